The lowest BCUT2D eigenvalue weighted by molar-refractivity contribution is 0.102. The maximum Gasteiger partial charge on any atom is 0.257 e. The van der Waals surface area contributed by atoms with Gasteiger partial charge >= 0.3 is 0 Å². The number of carbonyl (C=O) groups excluding carboxylic acids is 1. The summed E-state index contributed by atoms with van der Waals surface area (Å²) in [6, 6.07) is 7.84. The molecule has 4 heterocycles. The van der Waals surface area contributed by atoms with Crippen molar-refractivity contribution in [2.75, 3.05) is 5.32 Å². The fraction of sp³-hybridized carbons (Fsp3) is 0.300. The van der Waals surface area contributed by atoms with Crippen molar-refractivity contribution >= 4 is 34.1 Å². The lowest BCUT2D eigenvalue weighted by Gasteiger charge is -2.14. The second-order valence-corrected chi connectivity index (χ2v) is 7.76. The van der Waals surface area contributed by atoms with Gasteiger partial charge in [0.25, 0.3) is 5.91 Å². The van der Waals surface area contributed by atoms with E-state index >= 15 is 0 Å². The zero-order valence-electron chi connectivity index (χ0n) is 16.3. The van der Waals surface area contributed by atoms with Crippen molar-refractivity contribution in [2.24, 2.45) is 7.05 Å². The van der Waals surface area contributed by atoms with Crippen LogP contribution in [0.5, 0.6) is 0 Å². The van der Waals surface area contributed by atoms with E-state index in [9.17, 15) is 4.79 Å². The van der Waals surface area contributed by atoms with Crippen molar-refractivity contribution in [2.45, 2.75) is 33.2 Å². The van der Waals surface area contributed by atoms with Crippen molar-refractivity contribution in [3.63, 3.8) is 0 Å². The van der Waals surface area contributed by atoms with Gasteiger partial charge in [-0.1, -0.05) is 13.0 Å². The zero-order valence-corrected chi connectivity index (χ0v) is 17.1. The molecule has 0 fully saturated rings. The minimum Gasteiger partial charge on any atom is -0.307 e. The van der Waals surface area contributed by atoms with E-state index in [4.69, 9.17) is 4.98 Å². The number of aryl methyl sites for hydroxylation is 2. The molecule has 0 saturated carbocycles. The Kier molecular flexibility index (Phi) is 4.72. The fourth-order valence-corrected chi connectivity index (χ4v) is 3.98. The maximum atomic E-state index is 13.3. The van der Waals surface area contributed by atoms with Gasteiger partial charge in [-0.25, -0.2) is 9.67 Å². The van der Waals surface area contributed by atoms with Gasteiger partial charge in [-0.3, -0.25) is 9.48 Å². The van der Waals surface area contributed by atoms with Crippen LogP contribution in [0.3, 0.4) is 0 Å². The van der Waals surface area contributed by atoms with E-state index in [1.54, 1.807) is 22.2 Å². The molecule has 0 bridgehead atoms. The lowest BCUT2D eigenvalue weighted by atomic mass is 10.1. The smallest absolute Gasteiger partial charge is 0.257 e. The third-order valence-electron chi connectivity index (χ3n) is 4.91. The molecule has 7 nitrogen and oxygen atoms in total. The summed E-state index contributed by atoms with van der Waals surface area (Å²) in [5.74, 6) is 0.495. The standard InChI is InChI=1S/C20H22N6OS/c1-5-12(2)26-17(8-9-21-26)23-20(27)14-11-15(16-7-6-10-28-16)22-19-18(14)13(3)24-25(19)4/h6-12H,5H2,1-4H3,(H,23,27). The highest BCUT2D eigenvalue weighted by atomic mass is 32.1. The quantitative estimate of drug-likeness (QED) is 0.543. The van der Waals surface area contributed by atoms with Gasteiger partial charge < -0.3 is 5.32 Å². The molecule has 4 aromatic rings. The highest BCUT2D eigenvalue weighted by Gasteiger charge is 2.21. The molecule has 1 unspecified atom stereocenters. The molecule has 28 heavy (non-hydrogen) atoms. The Labute approximate surface area is 167 Å². The minimum absolute atomic E-state index is 0.189. The van der Waals surface area contributed by atoms with Gasteiger partial charge in [0.2, 0.25) is 0 Å². The second kappa shape index (κ2) is 7.20. The summed E-state index contributed by atoms with van der Waals surface area (Å²) in [5.41, 5.74) is 2.81. The number of thiophene rings is 1. The largest absolute Gasteiger partial charge is 0.307 e. The first-order valence-electron chi connectivity index (χ1n) is 9.22. The SMILES string of the molecule is CCC(C)n1nccc1NC(=O)c1cc(-c2cccs2)nc2c1c(C)nn2C. The van der Waals surface area contributed by atoms with E-state index in [-0.39, 0.29) is 11.9 Å². The molecule has 0 aromatic carbocycles. The van der Waals surface area contributed by atoms with Crippen LogP contribution in [0.4, 0.5) is 5.82 Å². The van der Waals surface area contributed by atoms with Gasteiger partial charge in [-0.15, -0.1) is 11.3 Å². The molecule has 0 aliphatic carbocycles. The number of hydrogen-bond donors (Lipinski definition) is 1. The average molecular weight is 395 g/mol. The monoisotopic (exact) mass is 394 g/mol. The molecule has 4 aromatic heterocycles. The summed E-state index contributed by atoms with van der Waals surface area (Å²) in [7, 11) is 1.85. The Morgan fingerprint density at radius 2 is 2.18 bits per heavy atom. The van der Waals surface area contributed by atoms with Crippen molar-refractivity contribution in [3.05, 3.63) is 47.1 Å². The number of aromatic nitrogens is 5. The molecule has 1 amide bonds. The summed E-state index contributed by atoms with van der Waals surface area (Å²) in [6.45, 7) is 6.07. The van der Waals surface area contributed by atoms with Crippen molar-refractivity contribution in [1.82, 2.24) is 24.5 Å². The Morgan fingerprint density at radius 3 is 2.89 bits per heavy atom. The Bertz CT molecular complexity index is 1140. The number of pyridine rings is 1. The molecule has 0 spiro atoms. The van der Waals surface area contributed by atoms with Crippen LogP contribution in [0, 0.1) is 6.92 Å². The molecule has 0 radical (unpaired) electrons. The van der Waals surface area contributed by atoms with Crippen molar-refractivity contribution < 1.29 is 4.79 Å². The summed E-state index contributed by atoms with van der Waals surface area (Å²) in [4.78, 5) is 19.0. The predicted octanol–water partition coefficient (Wildman–Crippen LogP) is 4.43. The van der Waals surface area contributed by atoms with E-state index in [2.05, 4.69) is 29.4 Å². The van der Waals surface area contributed by atoms with Crippen LogP contribution in [-0.2, 0) is 7.05 Å². The van der Waals surface area contributed by atoms with Gasteiger partial charge in [0, 0.05) is 13.1 Å². The average Bonchev–Trinajstić information content (AvgIpc) is 3.42. The van der Waals surface area contributed by atoms with Gasteiger partial charge in [0.15, 0.2) is 5.65 Å². The topological polar surface area (TPSA) is 77.6 Å². The van der Waals surface area contributed by atoms with Gasteiger partial charge in [0.05, 0.1) is 39.5 Å². The van der Waals surface area contributed by atoms with E-state index < -0.39 is 0 Å². The van der Waals surface area contributed by atoms with Gasteiger partial charge in [0.1, 0.15) is 5.82 Å². The number of rotatable bonds is 5. The zero-order chi connectivity index (χ0) is 19.8. The van der Waals surface area contributed by atoms with Crippen LogP contribution in [0.1, 0.15) is 42.4 Å². The molecular formula is C20H22N6OS. The molecular weight excluding hydrogens is 372 g/mol. The number of nitrogens with zero attached hydrogens (tertiary/aromatic N) is 5. The van der Waals surface area contributed by atoms with Crippen molar-refractivity contribution in [1.29, 1.82) is 0 Å². The summed E-state index contributed by atoms with van der Waals surface area (Å²) < 4.78 is 3.56. The molecule has 0 aliphatic heterocycles. The molecule has 1 N–H and O–H groups in total. The van der Waals surface area contributed by atoms with Crippen LogP contribution < -0.4 is 5.32 Å². The van der Waals surface area contributed by atoms with Gasteiger partial charge in [-0.2, -0.15) is 10.2 Å². The third-order valence-corrected chi connectivity index (χ3v) is 5.80. The number of fused-ring (bicyclic) bond motifs is 1. The molecule has 0 saturated heterocycles. The van der Waals surface area contributed by atoms with Crippen molar-refractivity contribution in [3.8, 4) is 10.6 Å². The van der Waals surface area contributed by atoms with Gasteiger partial charge in [-0.05, 0) is 37.8 Å². The number of carbonyl (C=O) groups is 1. The van der Waals surface area contributed by atoms with Crippen LogP contribution in [0.15, 0.2) is 35.8 Å². The summed E-state index contributed by atoms with van der Waals surface area (Å²) >= 11 is 1.59. The lowest BCUT2D eigenvalue weighted by Crippen LogP contribution is -2.18. The first kappa shape index (κ1) is 18.4. The first-order valence-corrected chi connectivity index (χ1v) is 10.1. The molecule has 8 heteroatoms. The summed E-state index contributed by atoms with van der Waals surface area (Å²) in [6.07, 6.45) is 2.63. The molecule has 0 aliphatic rings. The predicted molar refractivity (Wildman–Crippen MR) is 112 cm³/mol. The van der Waals surface area contributed by atoms with E-state index in [0.717, 1.165) is 28.1 Å². The molecule has 1 atom stereocenters. The molecule has 4 rings (SSSR count). The van der Waals surface area contributed by atoms with Crippen LogP contribution in [0.2, 0.25) is 0 Å². The first-order chi connectivity index (χ1) is 13.5. The summed E-state index contributed by atoms with van der Waals surface area (Å²) in [5, 5.41) is 14.6. The van der Waals surface area contributed by atoms with E-state index in [1.165, 1.54) is 0 Å². The number of anilines is 1. The molecule has 144 valence electrons. The number of nitrogens with one attached hydrogen (secondary N) is 1. The highest BCUT2D eigenvalue weighted by Crippen LogP contribution is 2.30. The van der Waals surface area contributed by atoms with Crippen LogP contribution >= 0.6 is 11.3 Å². The Morgan fingerprint density at radius 1 is 1.36 bits per heavy atom. The highest BCUT2D eigenvalue weighted by molar-refractivity contribution is 7.13. The normalized spacial score (nSPS) is 12.4. The fourth-order valence-electron chi connectivity index (χ4n) is 3.30. The van der Waals surface area contributed by atoms with Crippen LogP contribution in [-0.4, -0.2) is 30.5 Å². The van der Waals surface area contributed by atoms with E-state index in [1.807, 2.05) is 48.3 Å². The second-order valence-electron chi connectivity index (χ2n) is 6.81. The Balaban J connectivity index is 1.81. The number of hydrogen-bond acceptors (Lipinski definition) is 5. The Hall–Kier alpha value is -3.00. The minimum atomic E-state index is -0.189. The maximum absolute atomic E-state index is 13.3. The third kappa shape index (κ3) is 3.09. The van der Waals surface area contributed by atoms with Crippen LogP contribution in [0.25, 0.3) is 21.6 Å². The number of amides is 1. The van der Waals surface area contributed by atoms with E-state index in [0.29, 0.717) is 17.0 Å².